The van der Waals surface area contributed by atoms with Crippen molar-refractivity contribution in [2.45, 2.75) is 5.41 Å². The van der Waals surface area contributed by atoms with Gasteiger partial charge in [-0.1, -0.05) is 133 Å². The number of rotatable bonds is 4. The standard InChI is InChI=1S/C47H28N4O/c48-29-34-17-7-8-18-35(34)32-23-25-42-40(27-32)47(38-21-11-9-19-36(38)37-20-10-12-22-39(37)47)41-28-33(24-26-43(41)52-42)46-50-44(30-13-3-1-4-14-30)49-45(51-46)31-15-5-2-6-16-31/h1-28H. The van der Waals surface area contributed by atoms with Crippen molar-refractivity contribution in [3.63, 3.8) is 0 Å². The van der Waals surface area contributed by atoms with E-state index in [-0.39, 0.29) is 0 Å². The lowest BCUT2D eigenvalue weighted by Crippen LogP contribution is -2.32. The van der Waals surface area contributed by atoms with Gasteiger partial charge in [-0.25, -0.2) is 15.0 Å². The lowest BCUT2D eigenvalue weighted by Gasteiger charge is -2.40. The molecule has 0 fully saturated rings. The first-order valence-corrected chi connectivity index (χ1v) is 17.3. The molecule has 1 aliphatic heterocycles. The Morgan fingerprint density at radius 3 is 1.40 bits per heavy atom. The van der Waals surface area contributed by atoms with Crippen LogP contribution in [0.4, 0.5) is 0 Å². The fourth-order valence-corrected chi connectivity index (χ4v) is 7.98. The topological polar surface area (TPSA) is 71.7 Å². The van der Waals surface area contributed by atoms with E-state index < -0.39 is 5.41 Å². The molecule has 0 unspecified atom stereocenters. The third-order valence-corrected chi connectivity index (χ3v) is 10.3. The molecular formula is C47H28N4O. The Labute approximate surface area is 301 Å². The molecule has 1 aliphatic carbocycles. The molecule has 1 spiro atoms. The monoisotopic (exact) mass is 664 g/mol. The van der Waals surface area contributed by atoms with Crippen LogP contribution in [0.25, 0.3) is 56.4 Å². The van der Waals surface area contributed by atoms with E-state index in [1.807, 2.05) is 103 Å². The highest BCUT2D eigenvalue weighted by atomic mass is 16.5. The van der Waals surface area contributed by atoms with Crippen LogP contribution in [-0.4, -0.2) is 15.0 Å². The van der Waals surface area contributed by atoms with Crippen LogP contribution >= 0.6 is 0 Å². The van der Waals surface area contributed by atoms with Crippen molar-refractivity contribution < 1.29 is 4.74 Å². The van der Waals surface area contributed by atoms with Crippen molar-refractivity contribution in [3.05, 3.63) is 198 Å². The Balaban J connectivity index is 1.25. The molecule has 0 N–H and O–H groups in total. The highest BCUT2D eigenvalue weighted by molar-refractivity contribution is 5.90. The maximum Gasteiger partial charge on any atom is 0.164 e. The van der Waals surface area contributed by atoms with Gasteiger partial charge in [0, 0.05) is 27.8 Å². The van der Waals surface area contributed by atoms with Gasteiger partial charge < -0.3 is 4.74 Å². The van der Waals surface area contributed by atoms with Crippen molar-refractivity contribution in [1.82, 2.24) is 15.0 Å². The van der Waals surface area contributed by atoms with Gasteiger partial charge in [0.05, 0.1) is 17.0 Å². The smallest absolute Gasteiger partial charge is 0.164 e. The second kappa shape index (κ2) is 11.7. The van der Waals surface area contributed by atoms with E-state index in [0.717, 1.165) is 50.4 Å². The van der Waals surface area contributed by atoms with Crippen LogP contribution in [0.3, 0.4) is 0 Å². The summed E-state index contributed by atoms with van der Waals surface area (Å²) in [7, 11) is 0. The quantitative estimate of drug-likeness (QED) is 0.187. The van der Waals surface area contributed by atoms with Gasteiger partial charge in [-0.2, -0.15) is 5.26 Å². The van der Waals surface area contributed by atoms with E-state index in [2.05, 4.69) is 72.8 Å². The van der Waals surface area contributed by atoms with E-state index in [1.54, 1.807) is 0 Å². The maximum atomic E-state index is 10.0. The van der Waals surface area contributed by atoms with E-state index in [0.29, 0.717) is 23.0 Å². The summed E-state index contributed by atoms with van der Waals surface area (Å²) in [6, 6.07) is 60.1. The predicted octanol–water partition coefficient (Wildman–Crippen LogP) is 10.9. The van der Waals surface area contributed by atoms with Gasteiger partial charge in [-0.15, -0.1) is 0 Å². The van der Waals surface area contributed by atoms with Gasteiger partial charge in [0.15, 0.2) is 17.5 Å². The van der Waals surface area contributed by atoms with Crippen LogP contribution in [-0.2, 0) is 5.41 Å². The Morgan fingerprint density at radius 2 is 0.846 bits per heavy atom. The fourth-order valence-electron chi connectivity index (χ4n) is 7.98. The largest absolute Gasteiger partial charge is 0.457 e. The molecule has 10 rings (SSSR count). The molecule has 2 heterocycles. The summed E-state index contributed by atoms with van der Waals surface area (Å²) < 4.78 is 6.80. The number of nitrogens with zero attached hydrogens (tertiary/aromatic N) is 4. The highest BCUT2D eigenvalue weighted by Gasteiger charge is 2.51. The molecule has 2 aliphatic rings. The van der Waals surface area contributed by atoms with Gasteiger partial charge in [0.2, 0.25) is 0 Å². The highest BCUT2D eigenvalue weighted by Crippen LogP contribution is 2.62. The molecule has 0 saturated carbocycles. The number of fused-ring (bicyclic) bond motifs is 9. The molecule has 0 saturated heterocycles. The summed E-state index contributed by atoms with van der Waals surface area (Å²) in [4.78, 5) is 15.1. The summed E-state index contributed by atoms with van der Waals surface area (Å²) >= 11 is 0. The zero-order chi connectivity index (χ0) is 34.6. The summed E-state index contributed by atoms with van der Waals surface area (Å²) in [5.41, 5.74) is 11.2. The van der Waals surface area contributed by atoms with Crippen LogP contribution in [0, 0.1) is 11.3 Å². The zero-order valence-electron chi connectivity index (χ0n) is 27.9. The van der Waals surface area contributed by atoms with Crippen molar-refractivity contribution in [2.24, 2.45) is 0 Å². The van der Waals surface area contributed by atoms with E-state index in [9.17, 15) is 5.26 Å². The first-order valence-electron chi connectivity index (χ1n) is 17.3. The van der Waals surface area contributed by atoms with Crippen molar-refractivity contribution in [2.75, 3.05) is 0 Å². The molecule has 8 aromatic rings. The fraction of sp³-hybridized carbons (Fsp3) is 0.0213. The van der Waals surface area contributed by atoms with Crippen LogP contribution in [0.2, 0.25) is 0 Å². The van der Waals surface area contributed by atoms with Gasteiger partial charge in [-0.05, 0) is 69.8 Å². The van der Waals surface area contributed by atoms with Gasteiger partial charge >= 0.3 is 0 Å². The Kier molecular flexibility index (Phi) is 6.70. The lowest BCUT2D eigenvalue weighted by molar-refractivity contribution is 0.436. The minimum atomic E-state index is -0.721. The second-order valence-electron chi connectivity index (χ2n) is 13.1. The minimum absolute atomic E-state index is 0.577. The first kappa shape index (κ1) is 29.7. The SMILES string of the molecule is N#Cc1ccccc1-c1ccc2c(c1)C1(c3cc(-c4nc(-c5ccccc5)nc(-c5ccccc5)n4)ccc3O2)c2ccccc2-c2ccccc21. The third kappa shape index (κ3) is 4.45. The van der Waals surface area contributed by atoms with Crippen molar-refractivity contribution in [1.29, 1.82) is 5.26 Å². The van der Waals surface area contributed by atoms with Crippen LogP contribution in [0.15, 0.2) is 170 Å². The van der Waals surface area contributed by atoms with Gasteiger partial charge in [0.25, 0.3) is 0 Å². The first-order chi connectivity index (χ1) is 25.7. The third-order valence-electron chi connectivity index (χ3n) is 10.3. The van der Waals surface area contributed by atoms with Gasteiger partial charge in [0.1, 0.15) is 11.5 Å². The number of hydrogen-bond donors (Lipinski definition) is 0. The number of nitriles is 1. The van der Waals surface area contributed by atoms with E-state index in [4.69, 9.17) is 19.7 Å². The van der Waals surface area contributed by atoms with Crippen molar-refractivity contribution in [3.8, 4) is 74.0 Å². The Hall–Kier alpha value is -7.16. The number of benzene rings is 7. The Morgan fingerprint density at radius 1 is 0.404 bits per heavy atom. The van der Waals surface area contributed by atoms with Crippen LogP contribution in [0.5, 0.6) is 11.5 Å². The molecule has 0 bridgehead atoms. The van der Waals surface area contributed by atoms with E-state index >= 15 is 0 Å². The number of aromatic nitrogens is 3. The molecule has 0 amide bonds. The van der Waals surface area contributed by atoms with Gasteiger partial charge in [-0.3, -0.25) is 0 Å². The molecule has 0 atom stereocenters. The molecule has 7 aromatic carbocycles. The van der Waals surface area contributed by atoms with Crippen LogP contribution < -0.4 is 4.74 Å². The Bertz CT molecular complexity index is 2630. The summed E-state index contributed by atoms with van der Waals surface area (Å²) in [5.74, 6) is 3.34. The van der Waals surface area contributed by atoms with Crippen LogP contribution in [0.1, 0.15) is 27.8 Å². The predicted molar refractivity (Wildman–Crippen MR) is 204 cm³/mol. The summed E-state index contributed by atoms with van der Waals surface area (Å²) in [5, 5.41) is 10.0. The van der Waals surface area contributed by atoms with E-state index in [1.165, 1.54) is 22.3 Å². The maximum absolute atomic E-state index is 10.0. The molecular weight excluding hydrogens is 637 g/mol. The molecule has 1 aromatic heterocycles. The molecule has 52 heavy (non-hydrogen) atoms. The normalized spacial score (nSPS) is 12.9. The summed E-state index contributed by atoms with van der Waals surface area (Å²) in [6.45, 7) is 0. The number of ether oxygens (including phenoxy) is 1. The zero-order valence-corrected chi connectivity index (χ0v) is 27.9. The molecule has 0 radical (unpaired) electrons. The molecule has 242 valence electrons. The average Bonchev–Trinajstić information content (AvgIpc) is 3.52. The van der Waals surface area contributed by atoms with Crippen molar-refractivity contribution >= 4 is 0 Å². The minimum Gasteiger partial charge on any atom is -0.457 e. The number of hydrogen-bond acceptors (Lipinski definition) is 5. The molecule has 5 nitrogen and oxygen atoms in total. The summed E-state index contributed by atoms with van der Waals surface area (Å²) in [6.07, 6.45) is 0. The molecule has 5 heteroatoms. The average molecular weight is 665 g/mol. The lowest BCUT2D eigenvalue weighted by atomic mass is 9.65. The second-order valence-corrected chi connectivity index (χ2v) is 13.1.